The van der Waals surface area contributed by atoms with E-state index in [4.69, 9.17) is 9.97 Å². The minimum Gasteiger partial charge on any atom is -0.310 e. The van der Waals surface area contributed by atoms with Crippen LogP contribution in [0.15, 0.2) is 255 Å². The highest BCUT2D eigenvalue weighted by molar-refractivity contribution is 6.12. The molecule has 0 radical (unpaired) electrons. The lowest BCUT2D eigenvalue weighted by Gasteiger charge is -2.26. The summed E-state index contributed by atoms with van der Waals surface area (Å²) in [6, 6.07) is 91.1. The van der Waals surface area contributed by atoms with Crippen LogP contribution in [0, 0.1) is 20.8 Å². The van der Waals surface area contributed by atoms with Crippen molar-refractivity contribution in [2.45, 2.75) is 20.8 Å². The van der Waals surface area contributed by atoms with Crippen molar-refractivity contribution < 1.29 is 0 Å². The number of fused-ring (bicyclic) bond motifs is 3. The average molecular weight is 926 g/mol. The molecule has 344 valence electrons. The van der Waals surface area contributed by atoms with E-state index in [9.17, 15) is 0 Å². The molecule has 12 aromatic rings. The molecule has 0 bridgehead atoms. The predicted octanol–water partition coefficient (Wildman–Crippen LogP) is 18.1. The molecular weight excluding hydrogens is 875 g/mol. The molecule has 72 heavy (non-hydrogen) atoms. The van der Waals surface area contributed by atoms with E-state index in [0.29, 0.717) is 0 Å². The van der Waals surface area contributed by atoms with Gasteiger partial charge in [-0.05, 0) is 153 Å². The number of nitrogens with zero attached hydrogens (tertiary/aromatic N) is 5. The lowest BCUT2D eigenvalue weighted by atomic mass is 9.99. The number of rotatable bonds is 11. The molecule has 0 aliphatic rings. The Bertz CT molecular complexity index is 3600. The minimum absolute atomic E-state index is 0.718. The van der Waals surface area contributed by atoms with Gasteiger partial charge in [-0.2, -0.15) is 0 Å². The summed E-state index contributed by atoms with van der Waals surface area (Å²) >= 11 is 0. The van der Waals surface area contributed by atoms with Gasteiger partial charge in [0.05, 0.1) is 22.4 Å². The zero-order valence-corrected chi connectivity index (χ0v) is 40.5. The van der Waals surface area contributed by atoms with Crippen molar-refractivity contribution in [1.82, 2.24) is 14.5 Å². The first-order valence-electron chi connectivity index (χ1n) is 24.6. The van der Waals surface area contributed by atoms with Crippen LogP contribution in [-0.4, -0.2) is 14.5 Å². The Morgan fingerprint density at radius 1 is 0.306 bits per heavy atom. The normalized spacial score (nSPS) is 11.3. The molecule has 12 rings (SSSR count). The van der Waals surface area contributed by atoms with E-state index in [1.807, 2.05) is 0 Å². The second kappa shape index (κ2) is 18.9. The van der Waals surface area contributed by atoms with Gasteiger partial charge in [-0.1, -0.05) is 151 Å². The molecule has 0 N–H and O–H groups in total. The third-order valence-electron chi connectivity index (χ3n) is 13.6. The van der Waals surface area contributed by atoms with Gasteiger partial charge in [-0.15, -0.1) is 0 Å². The molecule has 5 nitrogen and oxygen atoms in total. The standard InChI is InChI=1S/C67H51N5/c1-46-18-16-20-52(40-46)63-45-62(68-67(69-63)53-21-17-19-47(2)41-53)50-32-30-49(31-33-50)51-34-37-64(48(3)42-51)72-65-38-35-58(70(54-22-8-4-9-23-54)55-24-10-5-11-25-55)43-60(65)61-44-59(36-39-66(61)72)71(56-26-12-6-13-27-56)57-28-14-7-15-29-57/h4-45H,1-3H3. The Morgan fingerprint density at radius 2 is 0.736 bits per heavy atom. The Hall–Kier alpha value is -9.32. The topological polar surface area (TPSA) is 37.2 Å². The van der Waals surface area contributed by atoms with Crippen LogP contribution in [0.25, 0.3) is 72.5 Å². The van der Waals surface area contributed by atoms with Crippen LogP contribution in [0.5, 0.6) is 0 Å². The number of anilines is 6. The first-order valence-corrected chi connectivity index (χ1v) is 24.6. The molecule has 0 saturated heterocycles. The summed E-state index contributed by atoms with van der Waals surface area (Å²) in [7, 11) is 0. The summed E-state index contributed by atoms with van der Waals surface area (Å²) in [4.78, 5) is 14.9. The quantitative estimate of drug-likeness (QED) is 0.130. The van der Waals surface area contributed by atoms with Gasteiger partial charge in [0.2, 0.25) is 0 Å². The number of aromatic nitrogens is 3. The zero-order chi connectivity index (χ0) is 48.5. The van der Waals surface area contributed by atoms with Gasteiger partial charge in [0, 0.05) is 67.3 Å². The van der Waals surface area contributed by atoms with Crippen molar-refractivity contribution in [3.63, 3.8) is 0 Å². The van der Waals surface area contributed by atoms with Crippen LogP contribution < -0.4 is 9.80 Å². The van der Waals surface area contributed by atoms with Crippen molar-refractivity contribution in [2.75, 3.05) is 9.80 Å². The van der Waals surface area contributed by atoms with Crippen molar-refractivity contribution >= 4 is 55.9 Å². The molecule has 0 unspecified atom stereocenters. The molecule has 0 amide bonds. The SMILES string of the molecule is Cc1cccc(-c2cc(-c3ccc(-c4ccc(-n5c6ccc(N(c7ccccc7)c7ccccc7)cc6c6cc(N(c7ccccc7)c7ccccc7)ccc65)c(C)c4)cc3)nc(-c3cccc(C)c3)n2)c1. The smallest absolute Gasteiger partial charge is 0.160 e. The summed E-state index contributed by atoms with van der Waals surface area (Å²) < 4.78 is 2.44. The molecule has 0 atom stereocenters. The number of benzene rings is 10. The molecule has 2 aromatic heterocycles. The predicted molar refractivity (Wildman–Crippen MR) is 302 cm³/mol. The van der Waals surface area contributed by atoms with Gasteiger partial charge in [-0.25, -0.2) is 9.97 Å². The number of para-hydroxylation sites is 4. The third kappa shape index (κ3) is 8.48. The highest BCUT2D eigenvalue weighted by Crippen LogP contribution is 2.43. The molecule has 0 aliphatic carbocycles. The van der Waals surface area contributed by atoms with E-state index in [1.54, 1.807) is 0 Å². The van der Waals surface area contributed by atoms with E-state index >= 15 is 0 Å². The fourth-order valence-corrected chi connectivity index (χ4v) is 10.1. The first-order chi connectivity index (χ1) is 35.4. The molecule has 2 heterocycles. The summed E-state index contributed by atoms with van der Waals surface area (Å²) in [5.74, 6) is 0.718. The van der Waals surface area contributed by atoms with Crippen molar-refractivity contribution in [1.29, 1.82) is 0 Å². The molecule has 5 heteroatoms. The van der Waals surface area contributed by atoms with Gasteiger partial charge in [0.15, 0.2) is 5.82 Å². The van der Waals surface area contributed by atoms with Crippen LogP contribution in [0.3, 0.4) is 0 Å². The molecule has 0 fully saturated rings. The van der Waals surface area contributed by atoms with Gasteiger partial charge < -0.3 is 14.4 Å². The lowest BCUT2D eigenvalue weighted by molar-refractivity contribution is 1.15. The maximum absolute atomic E-state index is 5.14. The largest absolute Gasteiger partial charge is 0.310 e. The summed E-state index contributed by atoms with van der Waals surface area (Å²) in [5.41, 5.74) is 20.7. The fraction of sp³-hybridized carbons (Fsp3) is 0.0448. The maximum Gasteiger partial charge on any atom is 0.160 e. The Labute approximate surface area is 421 Å². The summed E-state index contributed by atoms with van der Waals surface area (Å²) in [6.07, 6.45) is 0. The van der Waals surface area contributed by atoms with Gasteiger partial charge in [-0.3, -0.25) is 0 Å². The van der Waals surface area contributed by atoms with Crippen LogP contribution in [0.4, 0.5) is 34.1 Å². The molecule has 0 aliphatic heterocycles. The van der Waals surface area contributed by atoms with Gasteiger partial charge in [0.1, 0.15) is 0 Å². The maximum atomic E-state index is 5.14. The van der Waals surface area contributed by atoms with Crippen molar-refractivity contribution in [3.05, 3.63) is 271 Å². The highest BCUT2D eigenvalue weighted by Gasteiger charge is 2.21. The van der Waals surface area contributed by atoms with Crippen molar-refractivity contribution in [2.24, 2.45) is 0 Å². The number of hydrogen-bond donors (Lipinski definition) is 0. The zero-order valence-electron chi connectivity index (χ0n) is 40.5. The Morgan fingerprint density at radius 3 is 1.21 bits per heavy atom. The molecular formula is C67H51N5. The first kappa shape index (κ1) is 43.9. The van der Waals surface area contributed by atoms with Crippen molar-refractivity contribution in [3.8, 4) is 50.7 Å². The van der Waals surface area contributed by atoms with Crippen LogP contribution in [-0.2, 0) is 0 Å². The van der Waals surface area contributed by atoms with Crippen LogP contribution in [0.1, 0.15) is 16.7 Å². The molecule has 0 saturated carbocycles. The summed E-state index contributed by atoms with van der Waals surface area (Å²) in [6.45, 7) is 6.45. The fourth-order valence-electron chi connectivity index (χ4n) is 10.1. The monoisotopic (exact) mass is 925 g/mol. The van der Waals surface area contributed by atoms with Gasteiger partial charge in [0.25, 0.3) is 0 Å². The van der Waals surface area contributed by atoms with E-state index in [2.05, 4.69) is 290 Å². The second-order valence-electron chi connectivity index (χ2n) is 18.5. The minimum atomic E-state index is 0.718. The Balaban J connectivity index is 0.966. The van der Waals surface area contributed by atoms with Gasteiger partial charge >= 0.3 is 0 Å². The van der Waals surface area contributed by atoms with E-state index in [1.165, 1.54) is 27.5 Å². The number of hydrogen-bond acceptors (Lipinski definition) is 4. The average Bonchev–Trinajstić information content (AvgIpc) is 3.75. The van der Waals surface area contributed by atoms with E-state index < -0.39 is 0 Å². The second-order valence-corrected chi connectivity index (χ2v) is 18.5. The Kier molecular flexibility index (Phi) is 11.5. The summed E-state index contributed by atoms with van der Waals surface area (Å²) in [5, 5.41) is 2.34. The number of aryl methyl sites for hydroxylation is 3. The third-order valence-corrected chi connectivity index (χ3v) is 13.6. The van der Waals surface area contributed by atoms with Crippen LogP contribution in [0.2, 0.25) is 0 Å². The van der Waals surface area contributed by atoms with E-state index in [0.717, 1.165) is 95.9 Å². The molecule has 0 spiro atoms. The molecule has 10 aromatic carbocycles. The highest BCUT2D eigenvalue weighted by atomic mass is 15.1. The lowest BCUT2D eigenvalue weighted by Crippen LogP contribution is -2.09. The van der Waals surface area contributed by atoms with E-state index in [-0.39, 0.29) is 0 Å². The van der Waals surface area contributed by atoms with Crippen LogP contribution >= 0.6 is 0 Å².